The molecule has 3 rings (SSSR count). The molecule has 0 saturated carbocycles. The molecule has 0 aliphatic carbocycles. The summed E-state index contributed by atoms with van der Waals surface area (Å²) in [5.74, 6) is -0.847. The Morgan fingerprint density at radius 2 is 1.92 bits per heavy atom. The minimum atomic E-state index is -0.664. The van der Waals surface area contributed by atoms with Crippen molar-refractivity contribution in [2.45, 2.75) is 19.0 Å². The maximum absolute atomic E-state index is 12.3. The van der Waals surface area contributed by atoms with Gasteiger partial charge in [0.05, 0.1) is 17.9 Å². The van der Waals surface area contributed by atoms with Crippen LogP contribution in [0.4, 0.5) is 5.69 Å². The van der Waals surface area contributed by atoms with Crippen LogP contribution in [0.25, 0.3) is 0 Å². The summed E-state index contributed by atoms with van der Waals surface area (Å²) in [6.45, 7) is 0.297. The number of carbonyl (C=O) groups is 2. The lowest BCUT2D eigenvalue weighted by Gasteiger charge is -2.20. The van der Waals surface area contributed by atoms with Gasteiger partial charge >= 0.3 is 0 Å². The monoisotopic (exact) mass is 323 g/mol. The van der Waals surface area contributed by atoms with Crippen molar-refractivity contribution in [1.29, 1.82) is 0 Å². The molecular weight excluding hydrogens is 306 g/mol. The zero-order valence-electron chi connectivity index (χ0n) is 12.9. The van der Waals surface area contributed by atoms with Gasteiger partial charge in [0, 0.05) is 12.6 Å². The highest BCUT2D eigenvalue weighted by molar-refractivity contribution is 6.40. The fourth-order valence-electron chi connectivity index (χ4n) is 2.46. The number of pyridine rings is 1. The summed E-state index contributed by atoms with van der Waals surface area (Å²) in [7, 11) is 0. The second kappa shape index (κ2) is 6.91. The van der Waals surface area contributed by atoms with Crippen molar-refractivity contribution >= 4 is 23.2 Å². The van der Waals surface area contributed by atoms with Crippen LogP contribution in [0.5, 0.6) is 0 Å². The van der Waals surface area contributed by atoms with Crippen LogP contribution in [0.2, 0.25) is 0 Å². The third-order valence-electron chi connectivity index (χ3n) is 3.68. The number of nitrogens with one attached hydrogen (secondary N) is 1. The third kappa shape index (κ3) is 3.40. The molecular formula is C17H17N5O2. The molecule has 24 heavy (non-hydrogen) atoms. The molecule has 1 aliphatic heterocycles. The molecule has 0 fully saturated rings. The first-order chi connectivity index (χ1) is 11.6. The zero-order chi connectivity index (χ0) is 16.9. The van der Waals surface area contributed by atoms with Crippen molar-refractivity contribution in [3.8, 4) is 0 Å². The molecule has 1 aromatic heterocycles. The molecule has 1 atom stereocenters. The van der Waals surface area contributed by atoms with Crippen molar-refractivity contribution in [2.24, 2.45) is 10.8 Å². The quantitative estimate of drug-likeness (QED) is 0.850. The topological polar surface area (TPSA) is 101 Å². The van der Waals surface area contributed by atoms with E-state index in [1.54, 1.807) is 6.20 Å². The fraction of sp³-hybridized carbons (Fsp3) is 0.176. The number of nitrogens with two attached hydrogens (primary N) is 1. The van der Waals surface area contributed by atoms with E-state index < -0.39 is 11.9 Å². The molecule has 2 amide bonds. The molecule has 122 valence electrons. The molecule has 0 radical (unpaired) electrons. The Morgan fingerprint density at radius 3 is 2.58 bits per heavy atom. The van der Waals surface area contributed by atoms with Gasteiger partial charge in [0.15, 0.2) is 0 Å². The average Bonchev–Trinajstić information content (AvgIpc) is 3.07. The maximum Gasteiger partial charge on any atom is 0.267 e. The van der Waals surface area contributed by atoms with Crippen molar-refractivity contribution in [3.05, 3.63) is 60.4 Å². The van der Waals surface area contributed by atoms with Crippen molar-refractivity contribution in [3.63, 3.8) is 0 Å². The molecule has 7 heteroatoms. The number of hydrogen-bond donors (Lipinski definition) is 2. The number of hydrogen-bond acceptors (Lipinski definition) is 5. The van der Waals surface area contributed by atoms with Crippen LogP contribution in [0.3, 0.4) is 0 Å². The number of para-hydroxylation sites is 1. The SMILES string of the molecule is NC(=O)C1CC(C(=O)NCc2ccccn2)=NN1c1ccccc1. The summed E-state index contributed by atoms with van der Waals surface area (Å²) in [4.78, 5) is 28.2. The van der Waals surface area contributed by atoms with Crippen LogP contribution < -0.4 is 16.1 Å². The lowest BCUT2D eigenvalue weighted by Crippen LogP contribution is -2.39. The molecule has 0 saturated heterocycles. The second-order valence-electron chi connectivity index (χ2n) is 5.35. The predicted molar refractivity (Wildman–Crippen MR) is 90.0 cm³/mol. The number of carbonyl (C=O) groups excluding carboxylic acids is 2. The van der Waals surface area contributed by atoms with Gasteiger partial charge in [-0.05, 0) is 24.3 Å². The first-order valence-corrected chi connectivity index (χ1v) is 7.54. The van der Waals surface area contributed by atoms with Crippen LogP contribution in [-0.2, 0) is 16.1 Å². The Morgan fingerprint density at radius 1 is 1.17 bits per heavy atom. The van der Waals surface area contributed by atoms with Crippen molar-refractivity contribution < 1.29 is 9.59 Å². The molecule has 3 N–H and O–H groups in total. The molecule has 7 nitrogen and oxygen atoms in total. The molecule has 0 spiro atoms. The van der Waals surface area contributed by atoms with Gasteiger partial charge in [-0.1, -0.05) is 24.3 Å². The first-order valence-electron chi connectivity index (χ1n) is 7.54. The summed E-state index contributed by atoms with van der Waals surface area (Å²) >= 11 is 0. The lowest BCUT2D eigenvalue weighted by molar-refractivity contribution is -0.119. The summed E-state index contributed by atoms with van der Waals surface area (Å²) in [6, 6.07) is 14.0. The first kappa shape index (κ1) is 15.7. The molecule has 2 aromatic rings. The number of hydrazone groups is 1. The van der Waals surface area contributed by atoms with E-state index in [9.17, 15) is 9.59 Å². The standard InChI is InChI=1S/C17H17N5O2/c18-16(23)15-10-14(21-22(15)13-7-2-1-3-8-13)17(24)20-11-12-6-4-5-9-19-12/h1-9,15H,10-11H2,(H2,18,23)(H,20,24). The Labute approximate surface area is 139 Å². The van der Waals surface area contributed by atoms with Crippen LogP contribution in [0.1, 0.15) is 12.1 Å². The summed E-state index contributed by atoms with van der Waals surface area (Å²) in [6.07, 6.45) is 1.84. The largest absolute Gasteiger partial charge is 0.368 e. The Hall–Kier alpha value is -3.22. The Bertz CT molecular complexity index is 761. The van der Waals surface area contributed by atoms with Gasteiger partial charge in [-0.25, -0.2) is 0 Å². The van der Waals surface area contributed by atoms with Gasteiger partial charge in [-0.3, -0.25) is 19.6 Å². The summed E-state index contributed by atoms with van der Waals surface area (Å²) in [5.41, 5.74) is 7.20. The number of nitrogens with zero attached hydrogens (tertiary/aromatic N) is 3. The molecule has 1 aromatic carbocycles. The number of anilines is 1. The van der Waals surface area contributed by atoms with E-state index in [0.29, 0.717) is 12.2 Å². The molecule has 1 aliphatic rings. The van der Waals surface area contributed by atoms with E-state index in [2.05, 4.69) is 15.4 Å². The van der Waals surface area contributed by atoms with Gasteiger partial charge in [0.25, 0.3) is 5.91 Å². The van der Waals surface area contributed by atoms with Crippen LogP contribution in [0, 0.1) is 0 Å². The van der Waals surface area contributed by atoms with E-state index in [1.165, 1.54) is 5.01 Å². The number of benzene rings is 1. The zero-order valence-corrected chi connectivity index (χ0v) is 12.9. The van der Waals surface area contributed by atoms with Gasteiger partial charge in [-0.2, -0.15) is 5.10 Å². The van der Waals surface area contributed by atoms with Crippen LogP contribution in [0.15, 0.2) is 59.8 Å². The predicted octanol–water partition coefficient (Wildman–Crippen LogP) is 0.818. The minimum absolute atomic E-state index is 0.179. The molecule has 2 heterocycles. The van der Waals surface area contributed by atoms with E-state index >= 15 is 0 Å². The average molecular weight is 323 g/mol. The van der Waals surface area contributed by atoms with E-state index in [4.69, 9.17) is 5.73 Å². The van der Waals surface area contributed by atoms with Crippen LogP contribution >= 0.6 is 0 Å². The fourth-order valence-corrected chi connectivity index (χ4v) is 2.46. The molecule has 0 bridgehead atoms. The van der Waals surface area contributed by atoms with E-state index in [0.717, 1.165) is 5.69 Å². The van der Waals surface area contributed by atoms with E-state index in [-0.39, 0.29) is 18.0 Å². The number of primary amides is 1. The van der Waals surface area contributed by atoms with Gasteiger partial charge in [0.1, 0.15) is 11.8 Å². The maximum atomic E-state index is 12.3. The summed E-state index contributed by atoms with van der Waals surface area (Å²) < 4.78 is 0. The normalized spacial score (nSPS) is 16.6. The second-order valence-corrected chi connectivity index (χ2v) is 5.35. The van der Waals surface area contributed by atoms with Gasteiger partial charge < -0.3 is 11.1 Å². The summed E-state index contributed by atoms with van der Waals surface area (Å²) in [5, 5.41) is 8.55. The Kier molecular flexibility index (Phi) is 4.51. The number of rotatable bonds is 5. The van der Waals surface area contributed by atoms with Crippen molar-refractivity contribution in [1.82, 2.24) is 10.3 Å². The number of aromatic nitrogens is 1. The highest BCUT2D eigenvalue weighted by atomic mass is 16.2. The lowest BCUT2D eigenvalue weighted by atomic mass is 10.1. The highest BCUT2D eigenvalue weighted by Crippen LogP contribution is 2.24. The van der Waals surface area contributed by atoms with Gasteiger partial charge in [-0.15, -0.1) is 0 Å². The minimum Gasteiger partial charge on any atom is -0.368 e. The Balaban J connectivity index is 1.73. The van der Waals surface area contributed by atoms with Crippen molar-refractivity contribution in [2.75, 3.05) is 5.01 Å². The van der Waals surface area contributed by atoms with Crippen LogP contribution in [-0.4, -0.2) is 28.6 Å². The van der Waals surface area contributed by atoms with Gasteiger partial charge in [0.2, 0.25) is 5.91 Å². The third-order valence-corrected chi connectivity index (χ3v) is 3.68. The smallest absolute Gasteiger partial charge is 0.267 e. The number of amides is 2. The van der Waals surface area contributed by atoms with E-state index in [1.807, 2.05) is 48.5 Å². The molecule has 1 unspecified atom stereocenters. The highest BCUT2D eigenvalue weighted by Gasteiger charge is 2.34.